The van der Waals surface area contributed by atoms with Crippen molar-refractivity contribution in [1.29, 1.82) is 0 Å². The third kappa shape index (κ3) is 3.30. The maximum atomic E-state index is 14.4. The number of rotatable bonds is 3. The molecule has 0 bridgehead atoms. The number of amides is 2. The van der Waals surface area contributed by atoms with E-state index in [2.05, 4.69) is 0 Å². The summed E-state index contributed by atoms with van der Waals surface area (Å²) in [7, 11) is 0. The number of fused-ring (bicyclic) bond motifs is 1. The number of hydrogen-bond acceptors (Lipinski definition) is 4. The Labute approximate surface area is 181 Å². The van der Waals surface area contributed by atoms with Crippen LogP contribution in [0.15, 0.2) is 58.1 Å². The molecule has 0 radical (unpaired) electrons. The van der Waals surface area contributed by atoms with Crippen molar-refractivity contribution in [2.75, 3.05) is 5.32 Å². The lowest BCUT2D eigenvalue weighted by molar-refractivity contribution is -0.196. The number of carbonyl (C=O) groups excluding carboxylic acids is 2. The van der Waals surface area contributed by atoms with Gasteiger partial charge < -0.3 is 10.6 Å². The van der Waals surface area contributed by atoms with E-state index in [4.69, 9.17) is 0 Å². The second-order valence-corrected chi connectivity index (χ2v) is 7.29. The van der Waals surface area contributed by atoms with E-state index in [0.29, 0.717) is 4.57 Å². The van der Waals surface area contributed by atoms with E-state index in [1.54, 1.807) is 24.0 Å². The molecule has 0 unspecified atom stereocenters. The largest absolute Gasteiger partial charge is 0.425 e. The summed E-state index contributed by atoms with van der Waals surface area (Å²) in [6.07, 6.45) is -5.54. The van der Waals surface area contributed by atoms with Gasteiger partial charge in [-0.25, -0.2) is 13.8 Å². The summed E-state index contributed by atoms with van der Waals surface area (Å²) in [4.78, 5) is 52.1. The number of aromatic amines is 1. The van der Waals surface area contributed by atoms with Crippen LogP contribution in [-0.2, 0) is 10.3 Å². The van der Waals surface area contributed by atoms with Crippen LogP contribution in [0.25, 0.3) is 5.69 Å². The first kappa shape index (κ1) is 22.0. The van der Waals surface area contributed by atoms with Gasteiger partial charge in [-0.1, -0.05) is 29.8 Å². The molecule has 0 aliphatic carbocycles. The predicted molar refractivity (Wildman–Crippen MR) is 108 cm³/mol. The number of nitrogens with one attached hydrogen (secondary N) is 3. The van der Waals surface area contributed by atoms with Gasteiger partial charge in [0.15, 0.2) is 0 Å². The minimum Gasteiger partial charge on any atom is -0.326 e. The van der Waals surface area contributed by atoms with Gasteiger partial charge in [0.2, 0.25) is 0 Å². The van der Waals surface area contributed by atoms with Crippen LogP contribution in [-0.4, -0.2) is 27.5 Å². The summed E-state index contributed by atoms with van der Waals surface area (Å²) < 4.78 is 57.8. The number of carbonyl (C=O) groups is 2. The van der Waals surface area contributed by atoms with Gasteiger partial charge in [-0.2, -0.15) is 13.2 Å². The van der Waals surface area contributed by atoms with Crippen molar-refractivity contribution in [3.8, 4) is 5.69 Å². The number of anilines is 1. The van der Waals surface area contributed by atoms with E-state index in [1.165, 1.54) is 29.6 Å². The fraction of sp³-hybridized carbons (Fsp3) is 0.143. The van der Waals surface area contributed by atoms with Crippen molar-refractivity contribution in [1.82, 2.24) is 14.9 Å². The molecule has 3 aromatic rings. The summed E-state index contributed by atoms with van der Waals surface area (Å²) in [5, 5.41) is 3.40. The van der Waals surface area contributed by atoms with Gasteiger partial charge in [0.1, 0.15) is 17.2 Å². The van der Waals surface area contributed by atoms with E-state index in [0.717, 1.165) is 17.7 Å². The highest BCUT2D eigenvalue weighted by molar-refractivity contribution is 6.09. The topological polar surface area (TPSA) is 113 Å². The Bertz CT molecular complexity index is 1410. The summed E-state index contributed by atoms with van der Waals surface area (Å²) in [6, 6.07) is 10.1. The first-order chi connectivity index (χ1) is 15.5. The highest BCUT2D eigenvalue weighted by Gasteiger charge is 2.68. The lowest BCUT2D eigenvalue weighted by atomic mass is 9.91. The second kappa shape index (κ2) is 7.43. The first-order valence-electron chi connectivity index (χ1n) is 9.39. The molecule has 0 fully saturated rings. The summed E-state index contributed by atoms with van der Waals surface area (Å²) in [5.74, 6) is -5.30. The fourth-order valence-electron chi connectivity index (χ4n) is 3.60. The summed E-state index contributed by atoms with van der Waals surface area (Å²) in [5.41, 5.74) is -7.72. The van der Waals surface area contributed by atoms with E-state index in [-0.39, 0.29) is 5.69 Å². The van der Waals surface area contributed by atoms with Crippen LogP contribution in [0.5, 0.6) is 0 Å². The molecule has 1 atom stereocenters. The zero-order valence-corrected chi connectivity index (χ0v) is 16.7. The Balaban J connectivity index is 1.98. The molecule has 0 saturated heterocycles. The van der Waals surface area contributed by atoms with Gasteiger partial charge in [0.25, 0.3) is 22.9 Å². The molecule has 33 heavy (non-hydrogen) atoms. The van der Waals surface area contributed by atoms with Crippen LogP contribution in [0, 0.1) is 12.7 Å². The van der Waals surface area contributed by atoms with Crippen molar-refractivity contribution in [3.05, 3.63) is 91.9 Å². The Hall–Kier alpha value is -4.22. The molecule has 4 rings (SSSR count). The van der Waals surface area contributed by atoms with Crippen LogP contribution in [0.3, 0.4) is 0 Å². The maximum absolute atomic E-state index is 14.4. The number of H-pyrrole nitrogens is 1. The van der Waals surface area contributed by atoms with Crippen LogP contribution < -0.4 is 21.9 Å². The molecule has 1 aromatic heterocycles. The number of nitrogens with zero attached hydrogens (tertiary/aromatic N) is 1. The number of aromatic nitrogens is 2. The lowest BCUT2D eigenvalue weighted by Crippen LogP contribution is -2.62. The molecule has 0 saturated carbocycles. The van der Waals surface area contributed by atoms with E-state index >= 15 is 0 Å². The highest BCUT2D eigenvalue weighted by atomic mass is 19.4. The van der Waals surface area contributed by atoms with Crippen molar-refractivity contribution < 1.29 is 27.2 Å². The number of benzene rings is 2. The molecule has 170 valence electrons. The standard InChI is InChI=1S/C21H14F4N4O4/c1-10-6-8-11(9-7-10)29-15-14(17(31)27-19(29)33)20(18(32)26-15,21(23,24)25)28-16(30)12-4-2-3-5-13(12)22/h2-9H,1H3,(H,26,32)(H,28,30)(H,27,31,33)/t20-/m1/s1. The summed E-state index contributed by atoms with van der Waals surface area (Å²) >= 11 is 0. The molecule has 2 heterocycles. The van der Waals surface area contributed by atoms with Gasteiger partial charge in [-0.3, -0.25) is 19.4 Å². The van der Waals surface area contributed by atoms with E-state index in [9.17, 15) is 36.7 Å². The SMILES string of the molecule is Cc1ccc(-n2c3c(c(=O)[nH]c2=O)[C@](NC(=O)c2ccccc2F)(C(F)(F)F)C(=O)N3)cc1. The molecule has 1 aliphatic rings. The molecule has 1 aliphatic heterocycles. The Morgan fingerprint density at radius 3 is 2.27 bits per heavy atom. The van der Waals surface area contributed by atoms with Crippen LogP contribution >= 0.6 is 0 Å². The minimum atomic E-state index is -5.54. The zero-order valence-electron chi connectivity index (χ0n) is 16.7. The van der Waals surface area contributed by atoms with Crippen molar-refractivity contribution in [3.63, 3.8) is 0 Å². The molecule has 2 amide bonds. The Morgan fingerprint density at radius 2 is 1.67 bits per heavy atom. The highest BCUT2D eigenvalue weighted by Crippen LogP contribution is 2.45. The number of alkyl halides is 3. The Morgan fingerprint density at radius 1 is 1.03 bits per heavy atom. The molecule has 3 N–H and O–H groups in total. The van der Waals surface area contributed by atoms with Gasteiger partial charge in [-0.15, -0.1) is 0 Å². The first-order valence-corrected chi connectivity index (χ1v) is 9.39. The van der Waals surface area contributed by atoms with Crippen molar-refractivity contribution in [2.45, 2.75) is 18.6 Å². The van der Waals surface area contributed by atoms with E-state index < -0.39 is 57.5 Å². The molecule has 8 nitrogen and oxygen atoms in total. The van der Waals surface area contributed by atoms with Gasteiger partial charge >= 0.3 is 11.9 Å². The predicted octanol–water partition coefficient (Wildman–Crippen LogP) is 2.11. The van der Waals surface area contributed by atoms with Crippen molar-refractivity contribution >= 4 is 17.6 Å². The number of halogens is 4. The van der Waals surface area contributed by atoms with Crippen molar-refractivity contribution in [2.24, 2.45) is 0 Å². The molecule has 0 spiro atoms. The number of aryl methyl sites for hydroxylation is 1. The smallest absolute Gasteiger partial charge is 0.326 e. The monoisotopic (exact) mass is 462 g/mol. The molecular formula is C21H14F4N4O4. The third-order valence-electron chi connectivity index (χ3n) is 5.20. The fourth-order valence-corrected chi connectivity index (χ4v) is 3.60. The Kier molecular flexibility index (Phi) is 4.95. The van der Waals surface area contributed by atoms with Gasteiger partial charge in [-0.05, 0) is 31.2 Å². The van der Waals surface area contributed by atoms with Gasteiger partial charge in [0.05, 0.1) is 11.3 Å². The van der Waals surface area contributed by atoms with Crippen LogP contribution in [0.1, 0.15) is 21.5 Å². The van der Waals surface area contributed by atoms with Gasteiger partial charge in [0, 0.05) is 0 Å². The molecular weight excluding hydrogens is 448 g/mol. The minimum absolute atomic E-state index is 0.0526. The number of hydrogen-bond donors (Lipinski definition) is 3. The molecule has 2 aromatic carbocycles. The van der Waals surface area contributed by atoms with Crippen LogP contribution in [0.2, 0.25) is 0 Å². The average Bonchev–Trinajstić information content (AvgIpc) is 3.02. The second-order valence-electron chi connectivity index (χ2n) is 7.29. The normalized spacial score (nSPS) is 17.4. The average molecular weight is 462 g/mol. The molecule has 12 heteroatoms. The summed E-state index contributed by atoms with van der Waals surface area (Å²) in [6.45, 7) is 1.73. The third-order valence-corrected chi connectivity index (χ3v) is 5.20. The van der Waals surface area contributed by atoms with E-state index in [1.807, 2.05) is 5.32 Å². The van der Waals surface area contributed by atoms with Crippen LogP contribution in [0.4, 0.5) is 23.4 Å². The maximum Gasteiger partial charge on any atom is 0.425 e. The quantitative estimate of drug-likeness (QED) is 0.518. The lowest BCUT2D eigenvalue weighted by Gasteiger charge is -2.30. The zero-order chi connectivity index (χ0) is 24.1.